The van der Waals surface area contributed by atoms with Gasteiger partial charge in [-0.25, -0.2) is 4.68 Å². The lowest BCUT2D eigenvalue weighted by molar-refractivity contribution is 0.0735. The maximum Gasteiger partial charge on any atom is 0.101 e. The average Bonchev–Trinajstić information content (AvgIpc) is 2.88. The molecule has 28 heavy (non-hydrogen) atoms. The monoisotopic (exact) mass is 392 g/mol. The fraction of sp³-hybridized carbons (Fsp3) is 0.318. The summed E-state index contributed by atoms with van der Waals surface area (Å²) in [7, 11) is 0. The van der Waals surface area contributed by atoms with E-state index < -0.39 is 0 Å². The molecule has 0 aliphatic carbocycles. The van der Waals surface area contributed by atoms with E-state index in [1.807, 2.05) is 24.6 Å². The van der Waals surface area contributed by atoms with Gasteiger partial charge in [-0.1, -0.05) is 11.6 Å². The Kier molecular flexibility index (Phi) is 4.92. The van der Waals surface area contributed by atoms with Crippen molar-refractivity contribution in [2.45, 2.75) is 39.7 Å². The molecule has 142 valence electrons. The smallest absolute Gasteiger partial charge is 0.101 e. The van der Waals surface area contributed by atoms with E-state index in [-0.39, 0.29) is 6.10 Å². The molecular weight excluding hydrogens is 372 g/mol. The molecule has 0 N–H and O–H groups in total. The van der Waals surface area contributed by atoms with Crippen LogP contribution < -0.4 is 0 Å². The highest BCUT2D eigenvalue weighted by Gasteiger charge is 2.25. The van der Waals surface area contributed by atoms with Crippen molar-refractivity contribution in [1.82, 2.24) is 14.8 Å². The molecule has 5 nitrogen and oxygen atoms in total. The number of halogens is 1. The zero-order valence-corrected chi connectivity index (χ0v) is 16.9. The fourth-order valence-electron chi connectivity index (χ4n) is 3.80. The molecule has 3 heterocycles. The molecule has 2 aromatic heterocycles. The topological polar surface area (TPSA) is 63.7 Å². The van der Waals surface area contributed by atoms with Gasteiger partial charge in [0.05, 0.1) is 40.4 Å². The van der Waals surface area contributed by atoms with Crippen molar-refractivity contribution in [3.05, 3.63) is 63.6 Å². The molecule has 0 saturated heterocycles. The standard InChI is InChI=1S/C22H21ClN4O/c1-13-8-16(9-14(2)25-13)22-19-6-7-28-15(3)10-21(19)27(26-22)18-4-5-20(23)17(11-18)12-24/h4-5,8-9,11,15H,6-7,10H2,1-3H3/t15-/m1/s1. The summed E-state index contributed by atoms with van der Waals surface area (Å²) >= 11 is 6.13. The molecule has 4 rings (SSSR count). The number of benzene rings is 1. The van der Waals surface area contributed by atoms with Gasteiger partial charge in [-0.2, -0.15) is 10.4 Å². The molecule has 1 aromatic carbocycles. The zero-order valence-electron chi connectivity index (χ0n) is 16.2. The van der Waals surface area contributed by atoms with Gasteiger partial charge >= 0.3 is 0 Å². The third-order valence-electron chi connectivity index (χ3n) is 4.99. The van der Waals surface area contributed by atoms with Crippen LogP contribution in [0, 0.1) is 25.2 Å². The Morgan fingerprint density at radius 2 is 1.96 bits per heavy atom. The minimum Gasteiger partial charge on any atom is -0.378 e. The highest BCUT2D eigenvalue weighted by Crippen LogP contribution is 2.32. The van der Waals surface area contributed by atoms with Crippen LogP contribution in [0.3, 0.4) is 0 Å². The molecule has 0 unspecified atom stereocenters. The Hall–Kier alpha value is -2.68. The summed E-state index contributed by atoms with van der Waals surface area (Å²) in [4.78, 5) is 4.49. The van der Waals surface area contributed by atoms with E-state index in [0.717, 1.165) is 46.9 Å². The van der Waals surface area contributed by atoms with Crippen molar-refractivity contribution in [1.29, 1.82) is 5.26 Å². The van der Waals surface area contributed by atoms with E-state index in [1.165, 1.54) is 5.56 Å². The first-order chi connectivity index (χ1) is 13.5. The molecule has 1 aliphatic heterocycles. The van der Waals surface area contributed by atoms with Crippen LogP contribution in [-0.2, 0) is 17.6 Å². The Morgan fingerprint density at radius 1 is 1.21 bits per heavy atom. The number of nitriles is 1. The van der Waals surface area contributed by atoms with Crippen molar-refractivity contribution in [2.75, 3.05) is 6.61 Å². The summed E-state index contributed by atoms with van der Waals surface area (Å²) in [6.07, 6.45) is 1.66. The van der Waals surface area contributed by atoms with Crippen LogP contribution in [0.1, 0.15) is 35.1 Å². The fourth-order valence-corrected chi connectivity index (χ4v) is 3.96. The molecule has 0 saturated carbocycles. The summed E-state index contributed by atoms with van der Waals surface area (Å²) in [6, 6.07) is 11.7. The van der Waals surface area contributed by atoms with Gasteiger partial charge in [0.2, 0.25) is 0 Å². The van der Waals surface area contributed by atoms with Crippen molar-refractivity contribution in [3.63, 3.8) is 0 Å². The van der Waals surface area contributed by atoms with Crippen LogP contribution in [0.25, 0.3) is 16.9 Å². The minimum absolute atomic E-state index is 0.105. The SMILES string of the molecule is Cc1cc(-c2nn(-c3ccc(Cl)c(C#N)c3)c3c2CCO[C@H](C)C3)cc(C)n1. The highest BCUT2D eigenvalue weighted by atomic mass is 35.5. The van der Waals surface area contributed by atoms with Crippen LogP contribution in [0.2, 0.25) is 5.02 Å². The first kappa shape index (κ1) is 18.7. The Morgan fingerprint density at radius 3 is 2.68 bits per heavy atom. The number of fused-ring (bicyclic) bond motifs is 1. The predicted octanol–water partition coefficient (Wildman–Crippen LogP) is 4.58. The third-order valence-corrected chi connectivity index (χ3v) is 5.32. The van der Waals surface area contributed by atoms with E-state index in [1.54, 1.807) is 12.1 Å². The Labute approximate surface area is 169 Å². The molecule has 0 fully saturated rings. The van der Waals surface area contributed by atoms with E-state index in [0.29, 0.717) is 17.2 Å². The van der Waals surface area contributed by atoms with Crippen molar-refractivity contribution in [3.8, 4) is 23.0 Å². The molecule has 0 bridgehead atoms. The number of hydrogen-bond donors (Lipinski definition) is 0. The number of aromatic nitrogens is 3. The van der Waals surface area contributed by atoms with Gasteiger partial charge in [-0.15, -0.1) is 0 Å². The number of nitrogens with zero attached hydrogens (tertiary/aromatic N) is 4. The van der Waals surface area contributed by atoms with Crippen LogP contribution >= 0.6 is 11.6 Å². The van der Waals surface area contributed by atoms with Crippen molar-refractivity contribution in [2.24, 2.45) is 0 Å². The molecule has 1 aliphatic rings. The quantitative estimate of drug-likeness (QED) is 0.640. The van der Waals surface area contributed by atoms with Gasteiger partial charge in [0.15, 0.2) is 0 Å². The van der Waals surface area contributed by atoms with E-state index >= 15 is 0 Å². The number of ether oxygens (including phenoxy) is 1. The van der Waals surface area contributed by atoms with Crippen molar-refractivity contribution >= 4 is 11.6 Å². The largest absolute Gasteiger partial charge is 0.378 e. The maximum atomic E-state index is 9.37. The van der Waals surface area contributed by atoms with Crippen LogP contribution in [0.15, 0.2) is 30.3 Å². The third kappa shape index (κ3) is 3.42. The number of hydrogen-bond acceptors (Lipinski definition) is 4. The second-order valence-corrected chi connectivity index (χ2v) is 7.64. The van der Waals surface area contributed by atoms with Gasteiger partial charge < -0.3 is 4.74 Å². The number of rotatable bonds is 2. The minimum atomic E-state index is 0.105. The van der Waals surface area contributed by atoms with Gasteiger partial charge in [-0.3, -0.25) is 4.98 Å². The molecule has 0 spiro atoms. The lowest BCUT2D eigenvalue weighted by Gasteiger charge is -2.12. The van der Waals surface area contributed by atoms with Crippen LogP contribution in [0.5, 0.6) is 0 Å². The Balaban J connectivity index is 1.95. The average molecular weight is 393 g/mol. The van der Waals surface area contributed by atoms with Gasteiger partial charge in [0, 0.05) is 28.9 Å². The second kappa shape index (κ2) is 7.38. The summed E-state index contributed by atoms with van der Waals surface area (Å²) < 4.78 is 7.85. The molecule has 0 amide bonds. The Bertz CT molecular complexity index is 1080. The summed E-state index contributed by atoms with van der Waals surface area (Å²) in [5.74, 6) is 0. The van der Waals surface area contributed by atoms with Crippen LogP contribution in [-0.4, -0.2) is 27.5 Å². The lowest BCUT2D eigenvalue weighted by atomic mass is 10.0. The van der Waals surface area contributed by atoms with E-state index in [9.17, 15) is 5.26 Å². The predicted molar refractivity (Wildman–Crippen MR) is 109 cm³/mol. The first-order valence-electron chi connectivity index (χ1n) is 9.34. The lowest BCUT2D eigenvalue weighted by Crippen LogP contribution is -2.13. The summed E-state index contributed by atoms with van der Waals surface area (Å²) in [5.41, 5.74) is 7.54. The highest BCUT2D eigenvalue weighted by molar-refractivity contribution is 6.31. The molecule has 0 radical (unpaired) electrons. The van der Waals surface area contributed by atoms with E-state index in [4.69, 9.17) is 21.4 Å². The maximum absolute atomic E-state index is 9.37. The van der Waals surface area contributed by atoms with Gasteiger partial charge in [0.1, 0.15) is 6.07 Å². The van der Waals surface area contributed by atoms with Gasteiger partial charge in [0.25, 0.3) is 0 Å². The number of pyridine rings is 1. The molecule has 1 atom stereocenters. The van der Waals surface area contributed by atoms with Crippen molar-refractivity contribution < 1.29 is 4.74 Å². The first-order valence-corrected chi connectivity index (χ1v) is 9.72. The molecule has 3 aromatic rings. The van der Waals surface area contributed by atoms with Gasteiger partial charge in [-0.05, 0) is 57.5 Å². The second-order valence-electron chi connectivity index (χ2n) is 7.24. The van der Waals surface area contributed by atoms with Crippen LogP contribution in [0.4, 0.5) is 0 Å². The zero-order chi connectivity index (χ0) is 19.8. The molecule has 6 heteroatoms. The van der Waals surface area contributed by atoms with E-state index in [2.05, 4.69) is 30.1 Å². The molecular formula is C22H21ClN4O. The number of aryl methyl sites for hydroxylation is 2. The normalized spacial score (nSPS) is 16.3. The summed E-state index contributed by atoms with van der Waals surface area (Å²) in [5, 5.41) is 14.8. The summed E-state index contributed by atoms with van der Waals surface area (Å²) in [6.45, 7) is 6.74.